The second kappa shape index (κ2) is 9.84. The molecule has 0 fully saturated rings. The third-order valence-electron chi connectivity index (χ3n) is 3.57. The molecule has 0 amide bonds. The van der Waals surface area contributed by atoms with E-state index in [1.165, 1.54) is 6.92 Å². The third-order valence-corrected chi connectivity index (χ3v) is 4.76. The predicted molar refractivity (Wildman–Crippen MR) is 90.2 cm³/mol. The van der Waals surface area contributed by atoms with Gasteiger partial charge in [-0.2, -0.15) is 8.78 Å². The van der Waals surface area contributed by atoms with E-state index >= 15 is 0 Å². The summed E-state index contributed by atoms with van der Waals surface area (Å²) in [5.41, 5.74) is 0.979. The zero-order valence-corrected chi connectivity index (χ0v) is 15.1. The maximum absolute atomic E-state index is 14.4. The SMILES string of the molecule is CCCCC[C@H](N[S@@](=O)c1ccc(C)cc1)C(F)(F)C(=O)OCC. The van der Waals surface area contributed by atoms with E-state index in [0.717, 1.165) is 18.4 Å². The number of alkyl halides is 2. The van der Waals surface area contributed by atoms with Gasteiger partial charge in [0.1, 0.15) is 11.0 Å². The van der Waals surface area contributed by atoms with Gasteiger partial charge in [-0.1, -0.05) is 43.9 Å². The predicted octanol–water partition coefficient (Wildman–Crippen LogP) is 3.75. The van der Waals surface area contributed by atoms with Crippen molar-refractivity contribution in [2.24, 2.45) is 0 Å². The summed E-state index contributed by atoms with van der Waals surface area (Å²) in [4.78, 5) is 12.0. The van der Waals surface area contributed by atoms with Crippen LogP contribution in [0.4, 0.5) is 8.78 Å². The van der Waals surface area contributed by atoms with Crippen LogP contribution < -0.4 is 4.72 Å². The number of hydrogen-bond donors (Lipinski definition) is 1. The summed E-state index contributed by atoms with van der Waals surface area (Å²) >= 11 is 0. The molecule has 1 rings (SSSR count). The first-order valence-corrected chi connectivity index (χ1v) is 9.27. The van der Waals surface area contributed by atoms with Crippen LogP contribution in [0.25, 0.3) is 0 Å². The molecular formula is C17H25F2NO3S. The van der Waals surface area contributed by atoms with E-state index in [1.807, 2.05) is 13.8 Å². The molecule has 1 aromatic rings. The highest BCUT2D eigenvalue weighted by molar-refractivity contribution is 7.83. The molecule has 2 atom stereocenters. The van der Waals surface area contributed by atoms with Crippen LogP contribution in [0, 0.1) is 6.92 Å². The van der Waals surface area contributed by atoms with E-state index in [4.69, 9.17) is 0 Å². The van der Waals surface area contributed by atoms with Gasteiger partial charge >= 0.3 is 11.9 Å². The van der Waals surface area contributed by atoms with Crippen LogP contribution in [-0.2, 0) is 20.5 Å². The molecule has 0 spiro atoms. The Hall–Kier alpha value is -1.34. The highest BCUT2D eigenvalue weighted by atomic mass is 32.2. The Balaban J connectivity index is 2.90. The van der Waals surface area contributed by atoms with Gasteiger partial charge in [0, 0.05) is 0 Å². The van der Waals surface area contributed by atoms with Crippen LogP contribution in [0.1, 0.15) is 45.1 Å². The van der Waals surface area contributed by atoms with E-state index < -0.39 is 28.9 Å². The molecule has 0 saturated heterocycles. The molecule has 0 aliphatic carbocycles. The van der Waals surface area contributed by atoms with Gasteiger partial charge in [0.2, 0.25) is 0 Å². The van der Waals surface area contributed by atoms with Crippen molar-refractivity contribution in [1.82, 2.24) is 4.72 Å². The Kier molecular flexibility index (Phi) is 8.48. The summed E-state index contributed by atoms with van der Waals surface area (Å²) in [6, 6.07) is 5.20. The molecular weight excluding hydrogens is 336 g/mol. The standard InChI is InChI=1S/C17H25F2NO3S/c1-4-6-7-8-15(17(18,19)16(21)23-5-2)20-24(22)14-11-9-13(3)10-12-14/h9-12,15,20H,4-8H2,1-3H3/t15-,24-/m0/s1. The molecule has 136 valence electrons. The number of nitrogens with one attached hydrogen (secondary N) is 1. The number of carbonyl (C=O) groups excluding carboxylic acids is 1. The van der Waals surface area contributed by atoms with E-state index in [9.17, 15) is 17.8 Å². The van der Waals surface area contributed by atoms with Gasteiger partial charge in [-0.3, -0.25) is 0 Å². The van der Waals surface area contributed by atoms with Gasteiger partial charge in [0.25, 0.3) is 0 Å². The Morgan fingerprint density at radius 2 is 1.88 bits per heavy atom. The third kappa shape index (κ3) is 5.94. The van der Waals surface area contributed by atoms with Gasteiger partial charge in [0.05, 0.1) is 17.5 Å². The van der Waals surface area contributed by atoms with Crippen molar-refractivity contribution in [2.75, 3.05) is 6.61 Å². The minimum absolute atomic E-state index is 0.0389. The lowest BCUT2D eigenvalue weighted by atomic mass is 10.0. The van der Waals surface area contributed by atoms with Gasteiger partial charge in [0.15, 0.2) is 0 Å². The molecule has 0 bridgehead atoms. The quantitative estimate of drug-likeness (QED) is 0.510. The van der Waals surface area contributed by atoms with Crippen LogP contribution in [0.2, 0.25) is 0 Å². The minimum Gasteiger partial charge on any atom is -0.462 e. The number of carbonyl (C=O) groups is 1. The molecule has 1 N–H and O–H groups in total. The molecule has 0 unspecified atom stereocenters. The molecule has 0 aliphatic rings. The highest BCUT2D eigenvalue weighted by Crippen LogP contribution is 2.26. The summed E-state index contributed by atoms with van der Waals surface area (Å²) in [5, 5.41) is 0. The first kappa shape index (κ1) is 20.7. The van der Waals surface area contributed by atoms with E-state index in [0.29, 0.717) is 11.3 Å². The zero-order chi connectivity index (χ0) is 18.2. The summed E-state index contributed by atoms with van der Waals surface area (Å²) in [6.07, 6.45) is 2.17. The fourth-order valence-corrected chi connectivity index (χ4v) is 3.18. The Morgan fingerprint density at radius 3 is 2.42 bits per heavy atom. The van der Waals surface area contributed by atoms with E-state index in [1.54, 1.807) is 24.3 Å². The summed E-state index contributed by atoms with van der Waals surface area (Å²) in [5.74, 6) is -5.32. The average Bonchev–Trinajstić information content (AvgIpc) is 2.54. The van der Waals surface area contributed by atoms with Crippen molar-refractivity contribution in [3.05, 3.63) is 29.8 Å². The minimum atomic E-state index is -3.73. The second-order valence-corrected chi connectivity index (χ2v) is 6.84. The first-order valence-electron chi connectivity index (χ1n) is 8.12. The average molecular weight is 361 g/mol. The summed E-state index contributed by atoms with van der Waals surface area (Å²) < 4.78 is 48.0. The van der Waals surface area contributed by atoms with Gasteiger partial charge in [-0.05, 0) is 32.4 Å². The fraction of sp³-hybridized carbons (Fsp3) is 0.588. The number of benzene rings is 1. The molecule has 7 heteroatoms. The van der Waals surface area contributed by atoms with Crippen molar-refractivity contribution in [3.63, 3.8) is 0 Å². The Morgan fingerprint density at radius 1 is 1.25 bits per heavy atom. The maximum atomic E-state index is 14.4. The summed E-state index contributed by atoms with van der Waals surface area (Å²) in [6.45, 7) is 5.17. The lowest BCUT2D eigenvalue weighted by molar-refractivity contribution is -0.175. The van der Waals surface area contributed by atoms with Gasteiger partial charge in [-0.15, -0.1) is 0 Å². The molecule has 0 aromatic heterocycles. The monoisotopic (exact) mass is 361 g/mol. The lowest BCUT2D eigenvalue weighted by Crippen LogP contribution is -2.51. The summed E-state index contributed by atoms with van der Waals surface area (Å²) in [7, 11) is -1.83. The van der Waals surface area contributed by atoms with Crippen molar-refractivity contribution in [3.8, 4) is 0 Å². The first-order chi connectivity index (χ1) is 11.3. The molecule has 24 heavy (non-hydrogen) atoms. The largest absolute Gasteiger partial charge is 0.462 e. The highest BCUT2D eigenvalue weighted by Gasteiger charge is 2.49. The normalized spacial score (nSPS) is 14.2. The molecule has 0 radical (unpaired) electrons. The van der Waals surface area contributed by atoms with Crippen LogP contribution >= 0.6 is 0 Å². The fourth-order valence-electron chi connectivity index (χ4n) is 2.14. The number of rotatable bonds is 10. The smallest absolute Gasteiger partial charge is 0.378 e. The van der Waals surface area contributed by atoms with Crippen molar-refractivity contribution >= 4 is 17.0 Å². The molecule has 4 nitrogen and oxygen atoms in total. The molecule has 1 aromatic carbocycles. The van der Waals surface area contributed by atoms with Crippen molar-refractivity contribution < 1.29 is 22.5 Å². The van der Waals surface area contributed by atoms with Gasteiger partial charge < -0.3 is 4.74 Å². The van der Waals surface area contributed by atoms with E-state index in [-0.39, 0.29) is 13.0 Å². The zero-order valence-electron chi connectivity index (χ0n) is 14.3. The number of unbranched alkanes of at least 4 members (excludes halogenated alkanes) is 2. The van der Waals surface area contributed by atoms with Gasteiger partial charge in [-0.25, -0.2) is 13.7 Å². The number of hydrogen-bond acceptors (Lipinski definition) is 3. The topological polar surface area (TPSA) is 55.4 Å². The Labute approximate surface area is 144 Å². The van der Waals surface area contributed by atoms with Crippen molar-refractivity contribution in [2.45, 2.75) is 63.3 Å². The lowest BCUT2D eigenvalue weighted by Gasteiger charge is -2.25. The number of esters is 1. The van der Waals surface area contributed by atoms with Crippen molar-refractivity contribution in [1.29, 1.82) is 0 Å². The van der Waals surface area contributed by atoms with Crippen LogP contribution in [0.15, 0.2) is 29.2 Å². The molecule has 0 aliphatic heterocycles. The number of ether oxygens (including phenoxy) is 1. The number of halogens is 2. The van der Waals surface area contributed by atoms with E-state index in [2.05, 4.69) is 9.46 Å². The Bertz CT molecular complexity index is 549. The van der Waals surface area contributed by atoms with Crippen LogP contribution in [-0.4, -0.2) is 28.7 Å². The maximum Gasteiger partial charge on any atom is 0.378 e. The molecule has 0 saturated carbocycles. The second-order valence-electron chi connectivity index (χ2n) is 5.59. The molecule has 0 heterocycles. The number of aryl methyl sites for hydroxylation is 1. The van der Waals surface area contributed by atoms with Crippen LogP contribution in [0.3, 0.4) is 0 Å². The van der Waals surface area contributed by atoms with Crippen LogP contribution in [0.5, 0.6) is 0 Å².